The number of nitrogens with two attached hydrogens (primary N) is 1. The van der Waals surface area contributed by atoms with Crippen LogP contribution >= 0.6 is 0 Å². The van der Waals surface area contributed by atoms with Gasteiger partial charge in [0.2, 0.25) is 5.91 Å². The van der Waals surface area contributed by atoms with Crippen molar-refractivity contribution in [2.75, 3.05) is 0 Å². The van der Waals surface area contributed by atoms with Gasteiger partial charge in [-0.3, -0.25) is 9.59 Å². The summed E-state index contributed by atoms with van der Waals surface area (Å²) in [5, 5.41) is 0. The molecular weight excluding hydrogens is 206 g/mol. The first-order valence-corrected chi connectivity index (χ1v) is 5.81. The lowest BCUT2D eigenvalue weighted by atomic mass is 10.1. The van der Waals surface area contributed by atoms with Gasteiger partial charge in [0, 0.05) is 12.8 Å². The number of amides is 1. The average Bonchev–Trinajstić information content (AvgIpc) is 2.07. The second-order valence-corrected chi connectivity index (χ2v) is 4.97. The summed E-state index contributed by atoms with van der Waals surface area (Å²) in [7, 11) is 0. The van der Waals surface area contributed by atoms with Crippen molar-refractivity contribution in [3.63, 3.8) is 0 Å². The molecule has 0 bridgehead atoms. The number of primary amides is 1. The Hall–Kier alpha value is -1.06. The summed E-state index contributed by atoms with van der Waals surface area (Å²) in [5.74, 6) is -0.408. The SMILES string of the molecule is CC(C)(C)OC(=O)CCCCCCC(N)=O. The van der Waals surface area contributed by atoms with E-state index in [0.717, 1.165) is 25.7 Å². The number of carbonyl (C=O) groups is 2. The Bertz CT molecular complexity index is 231. The Morgan fingerprint density at radius 2 is 1.50 bits per heavy atom. The van der Waals surface area contributed by atoms with E-state index in [-0.39, 0.29) is 11.9 Å². The van der Waals surface area contributed by atoms with Crippen molar-refractivity contribution in [2.45, 2.75) is 64.9 Å². The monoisotopic (exact) mass is 229 g/mol. The molecule has 4 heteroatoms. The fraction of sp³-hybridized carbons (Fsp3) is 0.833. The normalized spacial score (nSPS) is 11.2. The second-order valence-electron chi connectivity index (χ2n) is 4.97. The Labute approximate surface area is 97.5 Å². The van der Waals surface area contributed by atoms with Gasteiger partial charge >= 0.3 is 5.97 Å². The highest BCUT2D eigenvalue weighted by molar-refractivity contribution is 5.73. The molecule has 0 aromatic rings. The first-order chi connectivity index (χ1) is 7.31. The number of rotatable bonds is 7. The van der Waals surface area contributed by atoms with E-state index in [1.807, 2.05) is 20.8 Å². The van der Waals surface area contributed by atoms with Gasteiger partial charge < -0.3 is 10.5 Å². The predicted octanol–water partition coefficient (Wildman–Crippen LogP) is 2.15. The zero-order valence-electron chi connectivity index (χ0n) is 10.5. The Balaban J connectivity index is 3.38. The van der Waals surface area contributed by atoms with E-state index >= 15 is 0 Å². The number of esters is 1. The van der Waals surface area contributed by atoms with Crippen LogP contribution in [0.4, 0.5) is 0 Å². The molecule has 0 atom stereocenters. The Morgan fingerprint density at radius 1 is 1.00 bits per heavy atom. The molecule has 0 aliphatic heterocycles. The minimum absolute atomic E-state index is 0.151. The maximum absolute atomic E-state index is 11.3. The third-order valence-electron chi connectivity index (χ3n) is 1.97. The highest BCUT2D eigenvalue weighted by atomic mass is 16.6. The lowest BCUT2D eigenvalue weighted by Crippen LogP contribution is -2.23. The van der Waals surface area contributed by atoms with E-state index in [4.69, 9.17) is 10.5 Å². The molecule has 0 heterocycles. The van der Waals surface area contributed by atoms with Crippen molar-refractivity contribution in [1.82, 2.24) is 0 Å². The van der Waals surface area contributed by atoms with Crippen LogP contribution in [0.2, 0.25) is 0 Å². The van der Waals surface area contributed by atoms with E-state index in [1.165, 1.54) is 0 Å². The van der Waals surface area contributed by atoms with Gasteiger partial charge in [-0.05, 0) is 33.6 Å². The molecule has 0 aromatic carbocycles. The zero-order chi connectivity index (χ0) is 12.6. The minimum atomic E-state index is -0.400. The van der Waals surface area contributed by atoms with Crippen molar-refractivity contribution in [3.05, 3.63) is 0 Å². The first-order valence-electron chi connectivity index (χ1n) is 5.81. The molecule has 0 saturated carbocycles. The van der Waals surface area contributed by atoms with Gasteiger partial charge in [0.25, 0.3) is 0 Å². The van der Waals surface area contributed by atoms with E-state index < -0.39 is 5.60 Å². The van der Waals surface area contributed by atoms with Gasteiger partial charge in [-0.2, -0.15) is 0 Å². The van der Waals surface area contributed by atoms with E-state index in [1.54, 1.807) is 0 Å². The highest BCUT2D eigenvalue weighted by Crippen LogP contribution is 2.11. The summed E-state index contributed by atoms with van der Waals surface area (Å²) in [4.78, 5) is 21.7. The van der Waals surface area contributed by atoms with Gasteiger partial charge in [0.15, 0.2) is 0 Å². The standard InChI is InChI=1S/C12H23NO3/c1-12(2,3)16-11(15)9-7-5-4-6-8-10(13)14/h4-9H2,1-3H3,(H2,13,14). The molecule has 94 valence electrons. The lowest BCUT2D eigenvalue weighted by Gasteiger charge is -2.19. The number of carbonyl (C=O) groups excluding carboxylic acids is 2. The molecule has 0 fully saturated rings. The third-order valence-corrected chi connectivity index (χ3v) is 1.97. The van der Waals surface area contributed by atoms with Crippen molar-refractivity contribution in [3.8, 4) is 0 Å². The quantitative estimate of drug-likeness (QED) is 0.537. The van der Waals surface area contributed by atoms with Crippen molar-refractivity contribution >= 4 is 11.9 Å². The zero-order valence-corrected chi connectivity index (χ0v) is 10.5. The molecule has 0 aromatic heterocycles. The van der Waals surface area contributed by atoms with Crippen LogP contribution in [0.25, 0.3) is 0 Å². The fourth-order valence-electron chi connectivity index (χ4n) is 1.31. The molecular formula is C12H23NO3. The average molecular weight is 229 g/mol. The summed E-state index contributed by atoms with van der Waals surface area (Å²) < 4.78 is 5.17. The summed E-state index contributed by atoms with van der Waals surface area (Å²) in [5.41, 5.74) is 4.61. The number of hydrogen-bond acceptors (Lipinski definition) is 3. The van der Waals surface area contributed by atoms with Crippen molar-refractivity contribution in [2.24, 2.45) is 5.73 Å². The maximum atomic E-state index is 11.3. The molecule has 2 N–H and O–H groups in total. The lowest BCUT2D eigenvalue weighted by molar-refractivity contribution is -0.154. The predicted molar refractivity (Wildman–Crippen MR) is 62.7 cm³/mol. The Kier molecular flexibility index (Phi) is 6.77. The van der Waals surface area contributed by atoms with Crippen LogP contribution in [0.15, 0.2) is 0 Å². The van der Waals surface area contributed by atoms with Crippen LogP contribution in [0.3, 0.4) is 0 Å². The Morgan fingerprint density at radius 3 is 1.94 bits per heavy atom. The molecule has 1 amide bonds. The van der Waals surface area contributed by atoms with Crippen LogP contribution in [-0.4, -0.2) is 17.5 Å². The van der Waals surface area contributed by atoms with Crippen LogP contribution in [0.1, 0.15) is 59.3 Å². The van der Waals surface area contributed by atoms with Crippen LogP contribution in [0, 0.1) is 0 Å². The molecule has 0 unspecified atom stereocenters. The molecule has 0 spiro atoms. The molecule has 0 saturated heterocycles. The van der Waals surface area contributed by atoms with Gasteiger partial charge in [0.1, 0.15) is 5.60 Å². The van der Waals surface area contributed by atoms with Crippen LogP contribution in [-0.2, 0) is 14.3 Å². The summed E-state index contributed by atoms with van der Waals surface area (Å²) >= 11 is 0. The summed E-state index contributed by atoms with van der Waals surface area (Å²) in [6.07, 6.45) is 4.38. The molecule has 0 rings (SSSR count). The summed E-state index contributed by atoms with van der Waals surface area (Å²) in [6.45, 7) is 5.58. The molecule has 4 nitrogen and oxygen atoms in total. The molecule has 0 radical (unpaired) electrons. The largest absolute Gasteiger partial charge is 0.460 e. The van der Waals surface area contributed by atoms with Crippen LogP contribution in [0.5, 0.6) is 0 Å². The van der Waals surface area contributed by atoms with Gasteiger partial charge in [-0.15, -0.1) is 0 Å². The topological polar surface area (TPSA) is 69.4 Å². The second kappa shape index (κ2) is 7.25. The molecule has 16 heavy (non-hydrogen) atoms. The van der Waals surface area contributed by atoms with Crippen LogP contribution < -0.4 is 5.73 Å². The van der Waals surface area contributed by atoms with Crippen molar-refractivity contribution in [1.29, 1.82) is 0 Å². The fourth-order valence-corrected chi connectivity index (χ4v) is 1.31. The van der Waals surface area contributed by atoms with Crippen molar-refractivity contribution < 1.29 is 14.3 Å². The first kappa shape index (κ1) is 14.9. The number of hydrogen-bond donors (Lipinski definition) is 1. The highest BCUT2D eigenvalue weighted by Gasteiger charge is 2.15. The van der Waals surface area contributed by atoms with E-state index in [0.29, 0.717) is 12.8 Å². The van der Waals surface area contributed by atoms with E-state index in [2.05, 4.69) is 0 Å². The third kappa shape index (κ3) is 11.0. The van der Waals surface area contributed by atoms with E-state index in [9.17, 15) is 9.59 Å². The van der Waals surface area contributed by atoms with Gasteiger partial charge in [0.05, 0.1) is 0 Å². The smallest absolute Gasteiger partial charge is 0.306 e. The molecule has 0 aliphatic rings. The summed E-state index contributed by atoms with van der Waals surface area (Å²) in [6, 6.07) is 0. The molecule has 0 aliphatic carbocycles. The number of ether oxygens (including phenoxy) is 1. The van der Waals surface area contributed by atoms with Gasteiger partial charge in [-0.25, -0.2) is 0 Å². The number of unbranched alkanes of at least 4 members (excludes halogenated alkanes) is 3. The minimum Gasteiger partial charge on any atom is -0.460 e. The van der Waals surface area contributed by atoms with Gasteiger partial charge in [-0.1, -0.05) is 12.8 Å². The maximum Gasteiger partial charge on any atom is 0.306 e.